The Morgan fingerprint density at radius 3 is 2.47 bits per heavy atom. The Morgan fingerprint density at radius 1 is 1.40 bits per heavy atom. The van der Waals surface area contributed by atoms with E-state index in [1.807, 2.05) is 0 Å². The predicted octanol–water partition coefficient (Wildman–Crippen LogP) is 0.677. The monoisotopic (exact) mass is 249 g/mol. The molecule has 3 N–H and O–H groups in total. The molecule has 0 heterocycles. The number of nitrogen functional groups attached to an aromatic ring is 1. The lowest BCUT2D eigenvalue weighted by Crippen LogP contribution is -2.36. The summed E-state index contributed by atoms with van der Waals surface area (Å²) in [4.78, 5) is 2.37. The van der Waals surface area contributed by atoms with Crippen molar-refractivity contribution >= 4 is 27.3 Å². The Bertz CT molecular complexity index is 459. The summed E-state index contributed by atoms with van der Waals surface area (Å²) in [6, 6.07) is 4.16. The Balaban J connectivity index is 3.11. The molecule has 0 saturated carbocycles. The van der Waals surface area contributed by atoms with Crippen LogP contribution in [0.1, 0.15) is 0 Å². The molecule has 0 aliphatic heterocycles. The second-order valence-corrected chi connectivity index (χ2v) is 5.24. The van der Waals surface area contributed by atoms with Gasteiger partial charge in [-0.2, -0.15) is 0 Å². The molecule has 0 radical (unpaired) electrons. The van der Waals surface area contributed by atoms with Crippen LogP contribution in [0.3, 0.4) is 0 Å². The second-order valence-electron chi connectivity index (χ2n) is 3.17. The van der Waals surface area contributed by atoms with Crippen LogP contribution in [-0.4, -0.2) is 27.5 Å². The van der Waals surface area contributed by atoms with E-state index in [9.17, 15) is 8.42 Å². The maximum Gasteiger partial charge on any atom is 0.253 e. The summed E-state index contributed by atoms with van der Waals surface area (Å²) in [6.07, 6.45) is 0. The number of rotatable bonds is 3. The van der Waals surface area contributed by atoms with E-state index in [0.717, 1.165) is 0 Å². The van der Waals surface area contributed by atoms with Crippen LogP contribution in [0, 0.1) is 0 Å². The van der Waals surface area contributed by atoms with Crippen LogP contribution in [0.4, 0.5) is 5.69 Å². The number of benzene rings is 1. The van der Waals surface area contributed by atoms with Gasteiger partial charge in [0.25, 0.3) is 10.0 Å². The summed E-state index contributed by atoms with van der Waals surface area (Å²) < 4.78 is 23.3. The molecule has 0 aliphatic carbocycles. The molecule has 7 heteroatoms. The van der Waals surface area contributed by atoms with Gasteiger partial charge in [-0.05, 0) is 18.2 Å². The largest absolute Gasteiger partial charge is 0.398 e. The number of halogens is 1. The molecule has 0 spiro atoms. The van der Waals surface area contributed by atoms with E-state index < -0.39 is 10.0 Å². The number of hydrogen-bond acceptors (Lipinski definition) is 4. The average Bonchev–Trinajstić information content (AvgIpc) is 2.07. The van der Waals surface area contributed by atoms with Gasteiger partial charge in [0.1, 0.15) is 0 Å². The molecule has 1 rings (SSSR count). The van der Waals surface area contributed by atoms with Crippen LogP contribution >= 0.6 is 11.6 Å². The molecule has 0 atom stereocenters. The van der Waals surface area contributed by atoms with E-state index in [4.69, 9.17) is 17.3 Å². The molecule has 0 aromatic heterocycles. The maximum atomic E-state index is 11.7. The van der Waals surface area contributed by atoms with Gasteiger partial charge in [-0.15, -0.1) is 4.83 Å². The lowest BCUT2D eigenvalue weighted by molar-refractivity contribution is 0.364. The van der Waals surface area contributed by atoms with Gasteiger partial charge < -0.3 is 5.73 Å². The molecule has 0 unspecified atom stereocenters. The Morgan fingerprint density at radius 2 is 2.00 bits per heavy atom. The number of sulfonamides is 1. The summed E-state index contributed by atoms with van der Waals surface area (Å²) in [7, 11) is -0.403. The minimum Gasteiger partial charge on any atom is -0.398 e. The standard InChI is InChI=1S/C8H12ClN3O2S/c1-12(2)11-15(13,14)6-3-4-8(10)7(9)5-6/h3-5,11H,10H2,1-2H3. The van der Waals surface area contributed by atoms with Crippen LogP contribution in [-0.2, 0) is 10.0 Å². The van der Waals surface area contributed by atoms with Gasteiger partial charge in [0.2, 0.25) is 0 Å². The predicted molar refractivity (Wildman–Crippen MR) is 59.9 cm³/mol. The molecule has 0 amide bonds. The third kappa shape index (κ3) is 3.07. The van der Waals surface area contributed by atoms with Gasteiger partial charge in [0, 0.05) is 14.1 Å². The first-order valence-corrected chi connectivity index (χ1v) is 5.94. The smallest absolute Gasteiger partial charge is 0.253 e. The lowest BCUT2D eigenvalue weighted by atomic mass is 10.3. The van der Waals surface area contributed by atoms with Gasteiger partial charge in [-0.3, -0.25) is 0 Å². The summed E-state index contributed by atoms with van der Waals surface area (Å²) in [5.41, 5.74) is 5.82. The zero-order valence-electron chi connectivity index (χ0n) is 8.36. The minimum atomic E-state index is -3.56. The van der Waals surface area contributed by atoms with Crippen LogP contribution in [0.15, 0.2) is 23.1 Å². The van der Waals surface area contributed by atoms with Crippen LogP contribution in [0.2, 0.25) is 5.02 Å². The summed E-state index contributed by atoms with van der Waals surface area (Å²) >= 11 is 5.73. The summed E-state index contributed by atoms with van der Waals surface area (Å²) in [5.74, 6) is 0. The van der Waals surface area contributed by atoms with Crippen molar-refractivity contribution in [1.29, 1.82) is 0 Å². The van der Waals surface area contributed by atoms with Crippen molar-refractivity contribution in [1.82, 2.24) is 9.84 Å². The number of hydrogen-bond donors (Lipinski definition) is 2. The fourth-order valence-electron chi connectivity index (χ4n) is 0.968. The maximum absolute atomic E-state index is 11.7. The molecule has 1 aromatic rings. The molecule has 1 aromatic carbocycles. The van der Waals surface area contributed by atoms with Crippen molar-refractivity contribution in [3.8, 4) is 0 Å². The first kappa shape index (κ1) is 12.3. The van der Waals surface area contributed by atoms with Crippen molar-refractivity contribution in [2.24, 2.45) is 0 Å². The SMILES string of the molecule is CN(C)NS(=O)(=O)c1ccc(N)c(Cl)c1. The van der Waals surface area contributed by atoms with E-state index in [-0.39, 0.29) is 9.92 Å². The second kappa shape index (κ2) is 4.36. The molecule has 0 saturated heterocycles. The number of nitrogens with two attached hydrogens (primary N) is 1. The first-order chi connectivity index (χ1) is 6.83. The number of hydrazine groups is 1. The van der Waals surface area contributed by atoms with Gasteiger partial charge in [-0.25, -0.2) is 13.4 Å². The van der Waals surface area contributed by atoms with Crippen LogP contribution in [0.25, 0.3) is 0 Å². The highest BCUT2D eigenvalue weighted by molar-refractivity contribution is 7.89. The van der Waals surface area contributed by atoms with Crippen molar-refractivity contribution in [3.63, 3.8) is 0 Å². The molecular formula is C8H12ClN3O2S. The number of nitrogens with zero attached hydrogens (tertiary/aromatic N) is 1. The molecule has 0 bridgehead atoms. The molecular weight excluding hydrogens is 238 g/mol. The Hall–Kier alpha value is -0.820. The van der Waals surface area contributed by atoms with E-state index in [2.05, 4.69) is 4.83 Å². The quantitative estimate of drug-likeness (QED) is 0.610. The number of anilines is 1. The minimum absolute atomic E-state index is 0.0791. The zero-order valence-corrected chi connectivity index (χ0v) is 9.93. The Kier molecular flexibility index (Phi) is 3.56. The highest BCUT2D eigenvalue weighted by Gasteiger charge is 2.15. The molecule has 15 heavy (non-hydrogen) atoms. The summed E-state index contributed by atoms with van der Waals surface area (Å²) in [5, 5.41) is 1.55. The zero-order chi connectivity index (χ0) is 11.6. The molecule has 0 aliphatic rings. The normalized spacial score (nSPS) is 12.0. The van der Waals surface area contributed by atoms with Gasteiger partial charge in [-0.1, -0.05) is 11.6 Å². The molecule has 84 valence electrons. The topological polar surface area (TPSA) is 75.4 Å². The third-order valence-corrected chi connectivity index (χ3v) is 3.39. The van der Waals surface area contributed by atoms with Crippen molar-refractivity contribution in [2.45, 2.75) is 4.90 Å². The molecule has 5 nitrogen and oxygen atoms in total. The Labute approximate surface area is 93.8 Å². The van der Waals surface area contributed by atoms with Gasteiger partial charge in [0.05, 0.1) is 15.6 Å². The van der Waals surface area contributed by atoms with E-state index in [0.29, 0.717) is 5.69 Å². The lowest BCUT2D eigenvalue weighted by Gasteiger charge is -2.12. The van der Waals surface area contributed by atoms with E-state index in [1.54, 1.807) is 14.1 Å². The fraction of sp³-hybridized carbons (Fsp3) is 0.250. The fourth-order valence-corrected chi connectivity index (χ4v) is 2.32. The van der Waals surface area contributed by atoms with Gasteiger partial charge in [0.15, 0.2) is 0 Å². The third-order valence-electron chi connectivity index (χ3n) is 1.58. The molecule has 0 fully saturated rings. The van der Waals surface area contributed by atoms with Crippen molar-refractivity contribution < 1.29 is 8.42 Å². The van der Waals surface area contributed by atoms with Crippen molar-refractivity contribution in [3.05, 3.63) is 23.2 Å². The van der Waals surface area contributed by atoms with E-state index >= 15 is 0 Å². The van der Waals surface area contributed by atoms with Crippen LogP contribution in [0.5, 0.6) is 0 Å². The highest BCUT2D eigenvalue weighted by Crippen LogP contribution is 2.22. The average molecular weight is 250 g/mol. The van der Waals surface area contributed by atoms with E-state index in [1.165, 1.54) is 23.2 Å². The van der Waals surface area contributed by atoms with Crippen molar-refractivity contribution in [2.75, 3.05) is 19.8 Å². The summed E-state index contributed by atoms with van der Waals surface area (Å²) in [6.45, 7) is 0. The van der Waals surface area contributed by atoms with Crippen LogP contribution < -0.4 is 10.6 Å². The highest BCUT2D eigenvalue weighted by atomic mass is 35.5. The number of nitrogens with one attached hydrogen (secondary N) is 1. The van der Waals surface area contributed by atoms with Gasteiger partial charge >= 0.3 is 0 Å². The first-order valence-electron chi connectivity index (χ1n) is 4.08.